The largest absolute Gasteiger partial charge is 0.513 e. The van der Waals surface area contributed by atoms with Gasteiger partial charge in [-0.1, -0.05) is 6.07 Å². The molecule has 0 saturated heterocycles. The average molecular weight is 463 g/mol. The topological polar surface area (TPSA) is 103 Å². The molecule has 0 aliphatic rings. The van der Waals surface area contributed by atoms with Gasteiger partial charge in [-0.05, 0) is 92.6 Å². The van der Waals surface area contributed by atoms with Crippen molar-refractivity contribution in [1.29, 1.82) is 0 Å². The van der Waals surface area contributed by atoms with Crippen LogP contribution in [-0.4, -0.2) is 31.2 Å². The summed E-state index contributed by atoms with van der Waals surface area (Å²) in [5, 5.41) is 5.52. The number of amides is 2. The van der Waals surface area contributed by atoms with Crippen LogP contribution in [-0.2, 0) is 9.53 Å². The minimum Gasteiger partial charge on any atom is -0.484 e. The van der Waals surface area contributed by atoms with E-state index < -0.39 is 6.16 Å². The van der Waals surface area contributed by atoms with Gasteiger partial charge in [-0.15, -0.1) is 0 Å². The molecule has 0 fully saturated rings. The third-order valence-electron chi connectivity index (χ3n) is 4.85. The summed E-state index contributed by atoms with van der Waals surface area (Å²) < 4.78 is 15.2. The van der Waals surface area contributed by atoms with Crippen LogP contribution in [0, 0.1) is 13.8 Å². The van der Waals surface area contributed by atoms with Crippen molar-refractivity contribution in [2.24, 2.45) is 0 Å². The molecule has 0 aromatic heterocycles. The van der Waals surface area contributed by atoms with Crippen LogP contribution in [0.1, 0.15) is 28.4 Å². The fourth-order valence-electron chi connectivity index (χ4n) is 2.91. The smallest absolute Gasteiger partial charge is 0.484 e. The molecule has 2 N–H and O–H groups in total. The van der Waals surface area contributed by atoms with Crippen molar-refractivity contribution in [2.75, 3.05) is 23.8 Å². The molecule has 0 aliphatic carbocycles. The second-order valence-electron chi connectivity index (χ2n) is 7.42. The quantitative estimate of drug-likeness (QED) is 0.356. The molecule has 0 radical (unpaired) electrons. The fraction of sp³-hybridized carbons (Fsp3) is 0.192. The summed E-state index contributed by atoms with van der Waals surface area (Å²) in [5.74, 6) is 0.287. The molecule has 176 valence electrons. The molecule has 8 heteroatoms. The number of carbonyl (C=O) groups is 3. The van der Waals surface area contributed by atoms with Crippen molar-refractivity contribution >= 4 is 29.3 Å². The summed E-state index contributed by atoms with van der Waals surface area (Å²) in [6, 6.07) is 18.5. The van der Waals surface area contributed by atoms with Gasteiger partial charge in [0, 0.05) is 16.9 Å². The molecule has 2 amide bonds. The monoisotopic (exact) mass is 462 g/mol. The Hall–Kier alpha value is -4.33. The van der Waals surface area contributed by atoms with Gasteiger partial charge in [-0.25, -0.2) is 4.79 Å². The van der Waals surface area contributed by atoms with E-state index in [1.165, 1.54) is 24.3 Å². The molecule has 0 bridgehead atoms. The van der Waals surface area contributed by atoms with E-state index in [-0.39, 0.29) is 30.8 Å². The maximum absolute atomic E-state index is 12.4. The van der Waals surface area contributed by atoms with Gasteiger partial charge in [0.25, 0.3) is 11.8 Å². The van der Waals surface area contributed by atoms with E-state index in [9.17, 15) is 14.4 Å². The number of nitrogens with one attached hydrogen (secondary N) is 2. The van der Waals surface area contributed by atoms with Gasteiger partial charge in [-0.3, -0.25) is 9.59 Å². The van der Waals surface area contributed by atoms with Crippen LogP contribution in [0.3, 0.4) is 0 Å². The first-order chi connectivity index (χ1) is 16.3. The zero-order valence-electron chi connectivity index (χ0n) is 19.2. The van der Waals surface area contributed by atoms with Crippen LogP contribution in [0.5, 0.6) is 11.5 Å². The SMILES string of the molecule is CCOC(=O)Oc1ccc(C(=O)Nc2ccc(NC(=O)COc3ccc(C)c(C)c3)cc2)cc1. The number of anilines is 2. The minimum absolute atomic E-state index is 0.114. The van der Waals surface area contributed by atoms with Gasteiger partial charge in [0.05, 0.1) is 6.61 Å². The van der Waals surface area contributed by atoms with E-state index in [1.807, 2.05) is 32.0 Å². The van der Waals surface area contributed by atoms with Gasteiger partial charge in [-0.2, -0.15) is 0 Å². The highest BCUT2D eigenvalue weighted by molar-refractivity contribution is 6.04. The first-order valence-corrected chi connectivity index (χ1v) is 10.7. The van der Waals surface area contributed by atoms with Crippen LogP contribution in [0.25, 0.3) is 0 Å². The Labute approximate surface area is 197 Å². The van der Waals surface area contributed by atoms with Crippen LogP contribution >= 0.6 is 0 Å². The molecule has 8 nitrogen and oxygen atoms in total. The van der Waals surface area contributed by atoms with E-state index in [0.29, 0.717) is 22.7 Å². The summed E-state index contributed by atoms with van der Waals surface area (Å²) in [7, 11) is 0. The normalized spacial score (nSPS) is 10.2. The number of hydrogen-bond donors (Lipinski definition) is 2. The number of hydrogen-bond acceptors (Lipinski definition) is 6. The van der Waals surface area contributed by atoms with Gasteiger partial charge in [0.2, 0.25) is 0 Å². The Kier molecular flexibility index (Phi) is 8.23. The number of ether oxygens (including phenoxy) is 3. The number of aryl methyl sites for hydroxylation is 2. The van der Waals surface area contributed by atoms with Crippen molar-refractivity contribution in [3.8, 4) is 11.5 Å². The molecule has 34 heavy (non-hydrogen) atoms. The molecular weight excluding hydrogens is 436 g/mol. The highest BCUT2D eigenvalue weighted by Crippen LogP contribution is 2.18. The van der Waals surface area contributed by atoms with Gasteiger partial charge in [0.1, 0.15) is 11.5 Å². The van der Waals surface area contributed by atoms with E-state index in [4.69, 9.17) is 14.2 Å². The molecule has 0 unspecified atom stereocenters. The third-order valence-corrected chi connectivity index (χ3v) is 4.85. The summed E-state index contributed by atoms with van der Waals surface area (Å²) in [6.07, 6.45) is -0.802. The maximum atomic E-state index is 12.4. The maximum Gasteiger partial charge on any atom is 0.513 e. The second-order valence-corrected chi connectivity index (χ2v) is 7.42. The van der Waals surface area contributed by atoms with E-state index in [0.717, 1.165) is 11.1 Å². The Bertz CT molecular complexity index is 1160. The molecule has 0 aliphatic heterocycles. The molecule has 0 atom stereocenters. The lowest BCUT2D eigenvalue weighted by Crippen LogP contribution is -2.20. The van der Waals surface area contributed by atoms with Crippen molar-refractivity contribution in [3.63, 3.8) is 0 Å². The molecule has 3 aromatic rings. The van der Waals surface area contributed by atoms with Crippen molar-refractivity contribution in [3.05, 3.63) is 83.4 Å². The van der Waals surface area contributed by atoms with Crippen molar-refractivity contribution in [2.45, 2.75) is 20.8 Å². The molecule has 3 rings (SSSR count). The summed E-state index contributed by atoms with van der Waals surface area (Å²) in [5.41, 5.74) is 3.77. The zero-order valence-corrected chi connectivity index (χ0v) is 19.2. The van der Waals surface area contributed by atoms with Gasteiger partial charge in [0.15, 0.2) is 6.61 Å². The highest BCUT2D eigenvalue weighted by atomic mass is 16.7. The summed E-state index contributed by atoms with van der Waals surface area (Å²) in [6.45, 7) is 5.77. The number of carbonyl (C=O) groups excluding carboxylic acids is 3. The molecule has 0 spiro atoms. The zero-order chi connectivity index (χ0) is 24.5. The molecular formula is C26H26N2O6. The van der Waals surface area contributed by atoms with E-state index in [2.05, 4.69) is 10.6 Å². The van der Waals surface area contributed by atoms with Crippen molar-refractivity contribution < 1.29 is 28.6 Å². The van der Waals surface area contributed by atoms with Crippen LogP contribution in [0.4, 0.5) is 16.2 Å². The highest BCUT2D eigenvalue weighted by Gasteiger charge is 2.10. The molecule has 0 heterocycles. The summed E-state index contributed by atoms with van der Waals surface area (Å²) in [4.78, 5) is 36.0. The van der Waals surface area contributed by atoms with Crippen LogP contribution < -0.4 is 20.1 Å². The number of benzene rings is 3. The first kappa shape index (κ1) is 24.3. The Morgan fingerprint density at radius 1 is 0.765 bits per heavy atom. The lowest BCUT2D eigenvalue weighted by Gasteiger charge is -2.10. The Morgan fingerprint density at radius 3 is 2.00 bits per heavy atom. The molecule has 0 saturated carbocycles. The van der Waals surface area contributed by atoms with Gasteiger partial charge >= 0.3 is 6.16 Å². The van der Waals surface area contributed by atoms with Crippen LogP contribution in [0.2, 0.25) is 0 Å². The fourth-order valence-corrected chi connectivity index (χ4v) is 2.91. The lowest BCUT2D eigenvalue weighted by atomic mass is 10.1. The van der Waals surface area contributed by atoms with E-state index >= 15 is 0 Å². The van der Waals surface area contributed by atoms with Crippen molar-refractivity contribution in [1.82, 2.24) is 0 Å². The lowest BCUT2D eigenvalue weighted by molar-refractivity contribution is -0.118. The van der Waals surface area contributed by atoms with Gasteiger partial charge < -0.3 is 24.8 Å². The Balaban J connectivity index is 1.49. The predicted molar refractivity (Wildman–Crippen MR) is 129 cm³/mol. The standard InChI is InChI=1S/C26H26N2O6/c1-4-32-26(31)34-22-13-6-19(7-14-22)25(30)28-21-10-8-20(9-11-21)27-24(29)16-33-23-12-5-17(2)18(3)15-23/h5-15H,4,16H2,1-3H3,(H,27,29)(H,28,30). The average Bonchev–Trinajstić information content (AvgIpc) is 2.81. The third kappa shape index (κ3) is 7.09. The minimum atomic E-state index is -0.802. The van der Waals surface area contributed by atoms with Crippen LogP contribution in [0.15, 0.2) is 66.7 Å². The summed E-state index contributed by atoms with van der Waals surface area (Å²) >= 11 is 0. The van der Waals surface area contributed by atoms with E-state index in [1.54, 1.807) is 31.2 Å². The first-order valence-electron chi connectivity index (χ1n) is 10.7. The molecule has 3 aromatic carbocycles. The number of rotatable bonds is 8. The second kappa shape index (κ2) is 11.5. The predicted octanol–water partition coefficient (Wildman–Crippen LogP) is 5.11. The Morgan fingerprint density at radius 2 is 1.38 bits per heavy atom.